The second kappa shape index (κ2) is 3.39. The van der Waals surface area contributed by atoms with Crippen molar-refractivity contribution in [2.24, 2.45) is 5.92 Å². The van der Waals surface area contributed by atoms with Crippen LogP contribution in [0.1, 0.15) is 18.4 Å². The maximum Gasteiger partial charge on any atom is 0.121 e. The Morgan fingerprint density at radius 2 is 2.31 bits per heavy atom. The number of aromatic nitrogens is 1. The van der Waals surface area contributed by atoms with Crippen LogP contribution in [-0.2, 0) is 0 Å². The topological polar surface area (TPSA) is 38.9 Å². The Morgan fingerprint density at radius 1 is 1.54 bits per heavy atom. The van der Waals surface area contributed by atoms with E-state index in [1.807, 2.05) is 6.07 Å². The first-order valence-electron chi connectivity index (χ1n) is 4.18. The zero-order valence-electron chi connectivity index (χ0n) is 7.05. The molecule has 13 heavy (non-hydrogen) atoms. The van der Waals surface area contributed by atoms with Gasteiger partial charge in [-0.15, -0.1) is 0 Å². The summed E-state index contributed by atoms with van der Waals surface area (Å²) >= 11 is 3.33. The van der Waals surface area contributed by atoms with E-state index >= 15 is 0 Å². The van der Waals surface area contributed by atoms with Crippen molar-refractivity contribution in [1.29, 1.82) is 0 Å². The van der Waals surface area contributed by atoms with Gasteiger partial charge in [0.2, 0.25) is 0 Å². The summed E-state index contributed by atoms with van der Waals surface area (Å²) in [6.07, 6.45) is 4.09. The van der Waals surface area contributed by atoms with Crippen LogP contribution < -0.4 is 5.73 Å². The molecule has 1 aromatic heterocycles. The molecule has 0 spiro atoms. The van der Waals surface area contributed by atoms with Crippen molar-refractivity contribution >= 4 is 21.6 Å². The Labute approximate surface area is 85.7 Å². The Bertz CT molecular complexity index is 386. The van der Waals surface area contributed by atoms with Crippen molar-refractivity contribution in [2.45, 2.75) is 12.8 Å². The monoisotopic (exact) mass is 236 g/mol. The summed E-state index contributed by atoms with van der Waals surface area (Å²) < 4.78 is 0.773. The third kappa shape index (κ3) is 2.22. The zero-order valence-corrected chi connectivity index (χ0v) is 8.63. The molecule has 1 fully saturated rings. The minimum Gasteiger partial charge on any atom is -0.397 e. The smallest absolute Gasteiger partial charge is 0.121 e. The highest BCUT2D eigenvalue weighted by molar-refractivity contribution is 9.10. The number of nitrogen functional groups attached to an aromatic ring is 1. The predicted molar refractivity (Wildman–Crippen MR) is 56.0 cm³/mol. The lowest BCUT2D eigenvalue weighted by Crippen LogP contribution is -1.89. The minimum absolute atomic E-state index is 0.605. The number of halogens is 1. The number of nitrogens with two attached hydrogens (primary N) is 1. The van der Waals surface area contributed by atoms with Gasteiger partial charge in [0.15, 0.2) is 0 Å². The molecule has 3 heteroatoms. The van der Waals surface area contributed by atoms with Crippen LogP contribution in [0.4, 0.5) is 5.69 Å². The first kappa shape index (κ1) is 8.58. The van der Waals surface area contributed by atoms with Crippen molar-refractivity contribution in [3.05, 3.63) is 22.4 Å². The summed E-state index contributed by atoms with van der Waals surface area (Å²) in [6, 6.07) is 1.84. The lowest BCUT2D eigenvalue weighted by Gasteiger charge is -1.96. The van der Waals surface area contributed by atoms with E-state index < -0.39 is 0 Å². The number of rotatable bonds is 0. The summed E-state index contributed by atoms with van der Waals surface area (Å²) in [4.78, 5) is 4.07. The largest absolute Gasteiger partial charge is 0.397 e. The molecule has 0 saturated heterocycles. The minimum atomic E-state index is 0.605. The molecule has 0 aromatic carbocycles. The quantitative estimate of drug-likeness (QED) is 0.554. The Hall–Kier alpha value is -1.01. The van der Waals surface area contributed by atoms with E-state index in [9.17, 15) is 0 Å². The number of hydrogen-bond donors (Lipinski definition) is 1. The number of pyridine rings is 1. The van der Waals surface area contributed by atoms with Crippen molar-refractivity contribution in [3.8, 4) is 11.8 Å². The Morgan fingerprint density at radius 3 is 3.00 bits per heavy atom. The van der Waals surface area contributed by atoms with Gasteiger partial charge in [0, 0.05) is 5.92 Å². The molecule has 2 N–H and O–H groups in total. The SMILES string of the molecule is Nc1cnc(Br)c(C#CC2CC2)c1. The molecule has 2 nitrogen and oxygen atoms in total. The normalized spacial score (nSPS) is 14.8. The highest BCUT2D eigenvalue weighted by atomic mass is 79.9. The van der Waals surface area contributed by atoms with Crippen LogP contribution in [0.15, 0.2) is 16.9 Å². The van der Waals surface area contributed by atoms with E-state index in [4.69, 9.17) is 5.73 Å². The van der Waals surface area contributed by atoms with Gasteiger partial charge in [-0.25, -0.2) is 4.98 Å². The second-order valence-electron chi connectivity index (χ2n) is 3.15. The highest BCUT2D eigenvalue weighted by Gasteiger charge is 2.17. The molecule has 0 atom stereocenters. The molecular formula is C10H9BrN2. The van der Waals surface area contributed by atoms with Gasteiger partial charge in [0.1, 0.15) is 4.60 Å². The van der Waals surface area contributed by atoms with Gasteiger partial charge in [-0.3, -0.25) is 0 Å². The second-order valence-corrected chi connectivity index (χ2v) is 3.90. The lowest BCUT2D eigenvalue weighted by molar-refractivity contribution is 1.18. The zero-order chi connectivity index (χ0) is 9.26. The van der Waals surface area contributed by atoms with Crippen molar-refractivity contribution < 1.29 is 0 Å². The maximum absolute atomic E-state index is 5.60. The lowest BCUT2D eigenvalue weighted by atomic mass is 10.2. The fraction of sp³-hybridized carbons (Fsp3) is 0.300. The van der Waals surface area contributed by atoms with E-state index in [-0.39, 0.29) is 0 Å². The summed E-state index contributed by atoms with van der Waals surface area (Å²) in [5.41, 5.74) is 7.14. The first-order chi connectivity index (χ1) is 6.25. The molecule has 0 unspecified atom stereocenters. The maximum atomic E-state index is 5.60. The molecule has 66 valence electrons. The predicted octanol–water partition coefficient (Wildman–Crippen LogP) is 2.19. The first-order valence-corrected chi connectivity index (χ1v) is 4.97. The van der Waals surface area contributed by atoms with Crippen molar-refractivity contribution in [3.63, 3.8) is 0 Å². The van der Waals surface area contributed by atoms with Crippen LogP contribution in [0, 0.1) is 17.8 Å². The molecule has 1 saturated carbocycles. The van der Waals surface area contributed by atoms with Crippen molar-refractivity contribution in [1.82, 2.24) is 4.98 Å². The average molecular weight is 237 g/mol. The van der Waals surface area contributed by atoms with Gasteiger partial charge < -0.3 is 5.73 Å². The standard InChI is InChI=1S/C10H9BrN2/c11-10-8(4-3-7-1-2-7)5-9(12)6-13-10/h5-7H,1-2,12H2. The molecule has 1 heterocycles. The van der Waals surface area contributed by atoms with E-state index in [2.05, 4.69) is 32.8 Å². The van der Waals surface area contributed by atoms with Crippen LogP contribution in [0.5, 0.6) is 0 Å². The molecular weight excluding hydrogens is 228 g/mol. The fourth-order valence-corrected chi connectivity index (χ4v) is 1.28. The summed E-state index contributed by atoms with van der Waals surface area (Å²) in [5.74, 6) is 6.85. The van der Waals surface area contributed by atoms with Gasteiger partial charge in [-0.1, -0.05) is 11.8 Å². The van der Waals surface area contributed by atoms with Gasteiger partial charge in [-0.05, 0) is 34.8 Å². The van der Waals surface area contributed by atoms with Gasteiger partial charge in [0.05, 0.1) is 17.4 Å². The molecule has 0 amide bonds. The molecule has 1 aromatic rings. The van der Waals surface area contributed by atoms with E-state index in [0.29, 0.717) is 11.6 Å². The molecule has 2 rings (SSSR count). The van der Waals surface area contributed by atoms with Crippen LogP contribution in [-0.4, -0.2) is 4.98 Å². The Balaban J connectivity index is 2.28. The molecule has 0 radical (unpaired) electrons. The highest BCUT2D eigenvalue weighted by Crippen LogP contribution is 2.28. The Kier molecular flexibility index (Phi) is 2.24. The molecule has 0 aliphatic heterocycles. The third-order valence-electron chi connectivity index (χ3n) is 1.85. The van der Waals surface area contributed by atoms with Crippen LogP contribution >= 0.6 is 15.9 Å². The average Bonchev–Trinajstić information content (AvgIpc) is 2.90. The molecule has 1 aliphatic rings. The third-order valence-corrected chi connectivity index (χ3v) is 2.48. The van der Waals surface area contributed by atoms with Gasteiger partial charge >= 0.3 is 0 Å². The van der Waals surface area contributed by atoms with Crippen LogP contribution in [0.25, 0.3) is 0 Å². The van der Waals surface area contributed by atoms with Crippen LogP contribution in [0.3, 0.4) is 0 Å². The van der Waals surface area contributed by atoms with E-state index in [1.54, 1.807) is 6.20 Å². The van der Waals surface area contributed by atoms with Gasteiger partial charge in [0.25, 0.3) is 0 Å². The number of anilines is 1. The molecule has 1 aliphatic carbocycles. The van der Waals surface area contributed by atoms with Crippen molar-refractivity contribution in [2.75, 3.05) is 5.73 Å². The van der Waals surface area contributed by atoms with E-state index in [1.165, 1.54) is 12.8 Å². The summed E-state index contributed by atoms with van der Waals surface area (Å²) in [7, 11) is 0. The van der Waals surface area contributed by atoms with E-state index in [0.717, 1.165) is 10.2 Å². The molecule has 0 bridgehead atoms. The number of nitrogens with zero attached hydrogens (tertiary/aromatic N) is 1. The summed E-state index contributed by atoms with van der Waals surface area (Å²) in [6.45, 7) is 0. The number of hydrogen-bond acceptors (Lipinski definition) is 2. The van der Waals surface area contributed by atoms with Gasteiger partial charge in [-0.2, -0.15) is 0 Å². The summed E-state index contributed by atoms with van der Waals surface area (Å²) in [5, 5.41) is 0. The fourth-order valence-electron chi connectivity index (χ4n) is 0.959. The van der Waals surface area contributed by atoms with Crippen LogP contribution in [0.2, 0.25) is 0 Å².